The van der Waals surface area contributed by atoms with Crippen LogP contribution >= 0.6 is 12.4 Å². The second-order valence-corrected chi connectivity index (χ2v) is 6.37. The maximum Gasteiger partial charge on any atom is 0.224 e. The first-order valence-corrected chi connectivity index (χ1v) is 8.73. The molecule has 0 saturated carbocycles. The Morgan fingerprint density at radius 3 is 2.35 bits per heavy atom. The Bertz CT molecular complexity index is 687. The second kappa shape index (κ2) is 10.8. The first-order valence-electron chi connectivity index (χ1n) is 8.73. The normalized spacial score (nSPS) is 10.3. The van der Waals surface area contributed by atoms with Crippen molar-refractivity contribution in [3.63, 3.8) is 0 Å². The van der Waals surface area contributed by atoms with Gasteiger partial charge < -0.3 is 15.0 Å². The quantitative estimate of drug-likeness (QED) is 0.753. The summed E-state index contributed by atoms with van der Waals surface area (Å²) in [6.07, 6.45) is 0.522. The molecule has 5 heteroatoms. The van der Waals surface area contributed by atoms with Crippen molar-refractivity contribution in [3.8, 4) is 16.9 Å². The van der Waals surface area contributed by atoms with E-state index in [1.807, 2.05) is 30.1 Å². The average molecular weight is 377 g/mol. The van der Waals surface area contributed by atoms with Crippen molar-refractivity contribution < 1.29 is 9.53 Å². The topological polar surface area (TPSA) is 41.6 Å². The Labute approximate surface area is 163 Å². The highest BCUT2D eigenvalue weighted by atomic mass is 35.5. The molecule has 142 valence electrons. The number of hydrogen-bond acceptors (Lipinski definition) is 3. The number of ether oxygens (including phenoxy) is 1. The minimum absolute atomic E-state index is 0. The van der Waals surface area contributed by atoms with Gasteiger partial charge in [-0.15, -0.1) is 12.4 Å². The summed E-state index contributed by atoms with van der Waals surface area (Å²) >= 11 is 0. The maximum atomic E-state index is 12.4. The van der Waals surface area contributed by atoms with Crippen LogP contribution in [-0.4, -0.2) is 37.6 Å². The average Bonchev–Trinajstić information content (AvgIpc) is 2.64. The van der Waals surface area contributed by atoms with Gasteiger partial charge in [0.15, 0.2) is 0 Å². The monoisotopic (exact) mass is 376 g/mol. The lowest BCUT2D eigenvalue weighted by molar-refractivity contribution is -0.133. The molecule has 0 aliphatic heterocycles. The molecule has 1 N–H and O–H groups in total. The van der Waals surface area contributed by atoms with Crippen molar-refractivity contribution >= 4 is 18.3 Å². The van der Waals surface area contributed by atoms with Gasteiger partial charge in [0.2, 0.25) is 5.91 Å². The van der Waals surface area contributed by atoms with E-state index in [0.717, 1.165) is 22.4 Å². The molecule has 0 saturated heterocycles. The fourth-order valence-corrected chi connectivity index (χ4v) is 2.80. The number of rotatable bonds is 8. The third kappa shape index (κ3) is 5.75. The van der Waals surface area contributed by atoms with E-state index in [9.17, 15) is 4.79 Å². The van der Waals surface area contributed by atoms with Gasteiger partial charge in [-0.25, -0.2) is 0 Å². The first-order chi connectivity index (χ1) is 12.1. The lowest BCUT2D eigenvalue weighted by Crippen LogP contribution is -2.37. The van der Waals surface area contributed by atoms with Crippen LogP contribution in [0.3, 0.4) is 0 Å². The third-order valence-corrected chi connectivity index (χ3v) is 4.26. The van der Waals surface area contributed by atoms with Crippen LogP contribution in [0.4, 0.5) is 0 Å². The van der Waals surface area contributed by atoms with Gasteiger partial charge in [-0.05, 0) is 38.1 Å². The molecule has 2 aromatic rings. The van der Waals surface area contributed by atoms with E-state index in [1.165, 1.54) is 0 Å². The van der Waals surface area contributed by atoms with Gasteiger partial charge in [-0.1, -0.05) is 42.5 Å². The number of nitrogens with zero attached hydrogens (tertiary/aromatic N) is 1. The SMILES string of the molecule is CNCCC(=O)N(Cc1ccc(-c2ccccc2OC)cc1)C(C)C.Cl. The van der Waals surface area contributed by atoms with E-state index in [4.69, 9.17) is 4.74 Å². The summed E-state index contributed by atoms with van der Waals surface area (Å²) in [5, 5.41) is 3.03. The number of benzene rings is 2. The summed E-state index contributed by atoms with van der Waals surface area (Å²) in [4.78, 5) is 14.3. The molecule has 0 aliphatic carbocycles. The lowest BCUT2D eigenvalue weighted by atomic mass is 10.0. The van der Waals surface area contributed by atoms with Crippen LogP contribution in [0.5, 0.6) is 5.75 Å². The molecule has 0 spiro atoms. The number of carbonyl (C=O) groups is 1. The largest absolute Gasteiger partial charge is 0.496 e. The molecular formula is C21H29ClN2O2. The van der Waals surface area contributed by atoms with Gasteiger partial charge in [0.1, 0.15) is 5.75 Å². The summed E-state index contributed by atoms with van der Waals surface area (Å²) in [5.74, 6) is 1.04. The molecule has 0 heterocycles. The third-order valence-electron chi connectivity index (χ3n) is 4.26. The number of halogens is 1. The smallest absolute Gasteiger partial charge is 0.224 e. The highest BCUT2D eigenvalue weighted by Gasteiger charge is 2.16. The molecule has 0 aromatic heterocycles. The number of para-hydroxylation sites is 1. The Kier molecular flexibility index (Phi) is 9.17. The Morgan fingerprint density at radius 2 is 1.77 bits per heavy atom. The number of nitrogens with one attached hydrogen (secondary N) is 1. The van der Waals surface area contributed by atoms with Crippen LogP contribution in [-0.2, 0) is 11.3 Å². The van der Waals surface area contributed by atoms with Gasteiger partial charge >= 0.3 is 0 Å². The minimum Gasteiger partial charge on any atom is -0.496 e. The molecule has 0 radical (unpaired) electrons. The van der Waals surface area contributed by atoms with Crippen LogP contribution in [0.15, 0.2) is 48.5 Å². The lowest BCUT2D eigenvalue weighted by Gasteiger charge is -2.27. The fourth-order valence-electron chi connectivity index (χ4n) is 2.80. The molecule has 4 nitrogen and oxygen atoms in total. The number of amides is 1. The standard InChI is InChI=1S/C21H28N2O2.ClH/c1-16(2)23(21(24)13-14-22-3)15-17-9-11-18(12-10-17)19-7-5-6-8-20(19)25-4;/h5-12,16,22H,13-15H2,1-4H3;1H. The molecule has 0 atom stereocenters. The van der Waals surface area contributed by atoms with Crippen molar-refractivity contribution in [2.45, 2.75) is 32.9 Å². The molecule has 0 aliphatic rings. The molecule has 2 aromatic carbocycles. The van der Waals surface area contributed by atoms with Crippen molar-refractivity contribution in [3.05, 3.63) is 54.1 Å². The van der Waals surface area contributed by atoms with Gasteiger partial charge in [0, 0.05) is 31.1 Å². The first kappa shape index (κ1) is 22.0. The maximum absolute atomic E-state index is 12.4. The van der Waals surface area contributed by atoms with Crippen molar-refractivity contribution in [1.29, 1.82) is 0 Å². The van der Waals surface area contributed by atoms with Crippen molar-refractivity contribution in [1.82, 2.24) is 10.2 Å². The Hall–Kier alpha value is -2.04. The zero-order valence-corrected chi connectivity index (χ0v) is 16.8. The van der Waals surface area contributed by atoms with E-state index in [2.05, 4.69) is 49.5 Å². The zero-order chi connectivity index (χ0) is 18.2. The van der Waals surface area contributed by atoms with Crippen LogP contribution < -0.4 is 10.1 Å². The molecule has 0 fully saturated rings. The van der Waals surface area contributed by atoms with Crippen LogP contribution in [0, 0.1) is 0 Å². The highest BCUT2D eigenvalue weighted by molar-refractivity contribution is 5.85. The van der Waals surface area contributed by atoms with E-state index in [0.29, 0.717) is 19.5 Å². The van der Waals surface area contributed by atoms with E-state index in [-0.39, 0.29) is 24.4 Å². The molecule has 1 amide bonds. The van der Waals surface area contributed by atoms with E-state index in [1.54, 1.807) is 7.11 Å². The summed E-state index contributed by atoms with van der Waals surface area (Å²) in [7, 11) is 3.55. The molecule has 0 unspecified atom stereocenters. The number of hydrogen-bond donors (Lipinski definition) is 1. The van der Waals surface area contributed by atoms with Crippen LogP contribution in [0.25, 0.3) is 11.1 Å². The van der Waals surface area contributed by atoms with Crippen LogP contribution in [0.1, 0.15) is 25.8 Å². The Balaban J connectivity index is 0.00000338. The summed E-state index contributed by atoms with van der Waals surface area (Å²) in [6, 6.07) is 16.5. The number of carbonyl (C=O) groups excluding carboxylic acids is 1. The van der Waals surface area contributed by atoms with Crippen LogP contribution in [0.2, 0.25) is 0 Å². The summed E-state index contributed by atoms with van der Waals surface area (Å²) < 4.78 is 5.44. The van der Waals surface area contributed by atoms with Gasteiger partial charge in [0.05, 0.1) is 7.11 Å². The van der Waals surface area contributed by atoms with Gasteiger partial charge in [0.25, 0.3) is 0 Å². The summed E-state index contributed by atoms with van der Waals surface area (Å²) in [5.41, 5.74) is 3.31. The molecule has 0 bridgehead atoms. The van der Waals surface area contributed by atoms with E-state index >= 15 is 0 Å². The molecular weight excluding hydrogens is 348 g/mol. The van der Waals surface area contributed by atoms with Gasteiger partial charge in [-0.3, -0.25) is 4.79 Å². The zero-order valence-electron chi connectivity index (χ0n) is 16.0. The predicted molar refractivity (Wildman–Crippen MR) is 110 cm³/mol. The molecule has 2 rings (SSSR count). The van der Waals surface area contributed by atoms with E-state index < -0.39 is 0 Å². The highest BCUT2D eigenvalue weighted by Crippen LogP contribution is 2.29. The fraction of sp³-hybridized carbons (Fsp3) is 0.381. The summed E-state index contributed by atoms with van der Waals surface area (Å²) in [6.45, 7) is 5.45. The van der Waals surface area contributed by atoms with Crippen molar-refractivity contribution in [2.75, 3.05) is 20.7 Å². The van der Waals surface area contributed by atoms with Gasteiger partial charge in [-0.2, -0.15) is 0 Å². The van der Waals surface area contributed by atoms with Crippen molar-refractivity contribution in [2.24, 2.45) is 0 Å². The number of methoxy groups -OCH3 is 1. The second-order valence-electron chi connectivity index (χ2n) is 6.37. The minimum atomic E-state index is 0. The molecule has 26 heavy (non-hydrogen) atoms. The Morgan fingerprint density at radius 1 is 1.12 bits per heavy atom. The predicted octanol–water partition coefficient (Wildman–Crippen LogP) is 4.13.